The van der Waals surface area contributed by atoms with Gasteiger partial charge in [-0.25, -0.2) is 0 Å². The van der Waals surface area contributed by atoms with E-state index in [1.807, 2.05) is 6.92 Å². The summed E-state index contributed by atoms with van der Waals surface area (Å²) in [5.41, 5.74) is -0.580. The first-order chi connectivity index (χ1) is 7.17. The van der Waals surface area contributed by atoms with Gasteiger partial charge in [-0.1, -0.05) is 33.1 Å². The molecule has 0 aliphatic heterocycles. The quantitative estimate of drug-likeness (QED) is 0.652. The van der Waals surface area contributed by atoms with Crippen molar-refractivity contribution in [2.45, 2.75) is 65.2 Å². The standard InChI is InChI=1S/C13H22O2/c1-3-5-9-13(11(14)4-2)10-7-6-8-12(13)15/h3-10H2,1-2H3. The first-order valence-electron chi connectivity index (χ1n) is 6.24. The van der Waals surface area contributed by atoms with Crippen molar-refractivity contribution in [2.75, 3.05) is 0 Å². The number of hydrogen-bond acceptors (Lipinski definition) is 2. The molecule has 0 radical (unpaired) electrons. The minimum absolute atomic E-state index is 0.181. The maximum atomic E-state index is 12.0. The molecule has 1 aliphatic rings. The maximum absolute atomic E-state index is 12.0. The summed E-state index contributed by atoms with van der Waals surface area (Å²) in [5.74, 6) is 0.398. The van der Waals surface area contributed by atoms with Gasteiger partial charge in [-0.15, -0.1) is 0 Å². The van der Waals surface area contributed by atoms with E-state index in [9.17, 15) is 9.59 Å². The number of Topliss-reactive ketones (excluding diaryl/α,β-unsaturated/α-hetero) is 2. The monoisotopic (exact) mass is 210 g/mol. The molecule has 0 bridgehead atoms. The predicted octanol–water partition coefficient (Wildman–Crippen LogP) is 3.29. The highest BCUT2D eigenvalue weighted by Crippen LogP contribution is 2.39. The molecule has 0 aromatic carbocycles. The Labute approximate surface area is 92.4 Å². The van der Waals surface area contributed by atoms with Gasteiger partial charge in [-0.3, -0.25) is 9.59 Å². The topological polar surface area (TPSA) is 34.1 Å². The first-order valence-corrected chi connectivity index (χ1v) is 6.24. The molecule has 86 valence electrons. The number of carbonyl (C=O) groups is 2. The van der Waals surface area contributed by atoms with Crippen LogP contribution in [0, 0.1) is 5.41 Å². The van der Waals surface area contributed by atoms with Crippen LogP contribution in [0.25, 0.3) is 0 Å². The summed E-state index contributed by atoms with van der Waals surface area (Å²) < 4.78 is 0. The van der Waals surface area contributed by atoms with Crippen molar-refractivity contribution in [1.29, 1.82) is 0 Å². The zero-order chi connectivity index (χ0) is 11.3. The van der Waals surface area contributed by atoms with E-state index in [0.717, 1.165) is 38.5 Å². The lowest BCUT2D eigenvalue weighted by Crippen LogP contribution is -2.41. The zero-order valence-corrected chi connectivity index (χ0v) is 9.97. The Hall–Kier alpha value is -0.660. The van der Waals surface area contributed by atoms with Crippen molar-refractivity contribution in [3.05, 3.63) is 0 Å². The van der Waals surface area contributed by atoms with Crippen LogP contribution in [-0.2, 0) is 9.59 Å². The summed E-state index contributed by atoms with van der Waals surface area (Å²) in [6.07, 6.45) is 6.80. The average molecular weight is 210 g/mol. The largest absolute Gasteiger partial charge is 0.299 e. The molecule has 1 unspecified atom stereocenters. The van der Waals surface area contributed by atoms with Gasteiger partial charge in [0, 0.05) is 12.8 Å². The normalized spacial score (nSPS) is 26.7. The van der Waals surface area contributed by atoms with Crippen LogP contribution in [-0.4, -0.2) is 11.6 Å². The Morgan fingerprint density at radius 2 is 2.07 bits per heavy atom. The Balaban J connectivity index is 2.82. The van der Waals surface area contributed by atoms with Crippen LogP contribution >= 0.6 is 0 Å². The van der Waals surface area contributed by atoms with Crippen LogP contribution in [0.15, 0.2) is 0 Å². The highest BCUT2D eigenvalue weighted by molar-refractivity contribution is 6.07. The molecule has 1 rings (SSSR count). The number of hydrogen-bond donors (Lipinski definition) is 0. The van der Waals surface area contributed by atoms with Gasteiger partial charge in [-0.05, 0) is 19.3 Å². The van der Waals surface area contributed by atoms with E-state index in [0.29, 0.717) is 12.8 Å². The molecule has 0 aromatic heterocycles. The summed E-state index contributed by atoms with van der Waals surface area (Å²) >= 11 is 0. The molecule has 0 N–H and O–H groups in total. The molecule has 2 heteroatoms. The SMILES string of the molecule is CCCCC1(C(=O)CC)CCCCC1=O. The van der Waals surface area contributed by atoms with Gasteiger partial charge in [-0.2, -0.15) is 0 Å². The third kappa shape index (κ3) is 2.47. The summed E-state index contributed by atoms with van der Waals surface area (Å²) in [4.78, 5) is 24.0. The van der Waals surface area contributed by atoms with Crippen molar-refractivity contribution >= 4 is 11.6 Å². The Morgan fingerprint density at radius 3 is 2.60 bits per heavy atom. The second-order valence-corrected chi connectivity index (χ2v) is 4.59. The third-order valence-corrected chi connectivity index (χ3v) is 3.60. The van der Waals surface area contributed by atoms with E-state index >= 15 is 0 Å². The lowest BCUT2D eigenvalue weighted by atomic mass is 9.66. The first kappa shape index (κ1) is 12.4. The molecule has 0 spiro atoms. The average Bonchev–Trinajstić information content (AvgIpc) is 2.27. The van der Waals surface area contributed by atoms with E-state index in [1.54, 1.807) is 0 Å². The molecule has 2 nitrogen and oxygen atoms in total. The molecule has 1 atom stereocenters. The lowest BCUT2D eigenvalue weighted by Gasteiger charge is -2.34. The second-order valence-electron chi connectivity index (χ2n) is 4.59. The van der Waals surface area contributed by atoms with Crippen molar-refractivity contribution in [3.8, 4) is 0 Å². The van der Waals surface area contributed by atoms with Crippen molar-refractivity contribution in [2.24, 2.45) is 5.41 Å². The number of rotatable bonds is 5. The van der Waals surface area contributed by atoms with E-state index in [-0.39, 0.29) is 11.6 Å². The zero-order valence-electron chi connectivity index (χ0n) is 9.97. The van der Waals surface area contributed by atoms with Crippen molar-refractivity contribution in [1.82, 2.24) is 0 Å². The molecule has 0 heterocycles. The number of carbonyl (C=O) groups excluding carboxylic acids is 2. The maximum Gasteiger partial charge on any atom is 0.146 e. The number of ketones is 2. The third-order valence-electron chi connectivity index (χ3n) is 3.60. The molecule has 0 saturated heterocycles. The highest BCUT2D eigenvalue weighted by Gasteiger charge is 2.44. The minimum atomic E-state index is -0.580. The van der Waals surface area contributed by atoms with Crippen LogP contribution in [0.2, 0.25) is 0 Å². The van der Waals surface area contributed by atoms with Crippen LogP contribution in [0.1, 0.15) is 65.2 Å². The Kier molecular flexibility index (Phi) is 4.49. The summed E-state index contributed by atoms with van der Waals surface area (Å²) in [6.45, 7) is 3.98. The van der Waals surface area contributed by atoms with Crippen LogP contribution < -0.4 is 0 Å². The van der Waals surface area contributed by atoms with E-state index in [4.69, 9.17) is 0 Å². The predicted molar refractivity (Wildman–Crippen MR) is 60.7 cm³/mol. The van der Waals surface area contributed by atoms with E-state index < -0.39 is 5.41 Å². The van der Waals surface area contributed by atoms with E-state index in [2.05, 4.69) is 6.92 Å². The minimum Gasteiger partial charge on any atom is -0.299 e. The van der Waals surface area contributed by atoms with Crippen LogP contribution in [0.5, 0.6) is 0 Å². The molecule has 1 fully saturated rings. The van der Waals surface area contributed by atoms with Gasteiger partial charge >= 0.3 is 0 Å². The highest BCUT2D eigenvalue weighted by atomic mass is 16.2. The van der Waals surface area contributed by atoms with Crippen LogP contribution in [0.3, 0.4) is 0 Å². The number of unbranched alkanes of at least 4 members (excludes halogenated alkanes) is 1. The lowest BCUT2D eigenvalue weighted by molar-refractivity contribution is -0.143. The molecule has 0 aromatic rings. The second kappa shape index (κ2) is 5.43. The van der Waals surface area contributed by atoms with Gasteiger partial charge in [0.25, 0.3) is 0 Å². The molecule has 0 amide bonds. The van der Waals surface area contributed by atoms with Crippen molar-refractivity contribution in [3.63, 3.8) is 0 Å². The summed E-state index contributed by atoms with van der Waals surface area (Å²) in [5, 5.41) is 0. The Bertz CT molecular complexity index is 235. The van der Waals surface area contributed by atoms with Crippen LogP contribution in [0.4, 0.5) is 0 Å². The van der Waals surface area contributed by atoms with Gasteiger partial charge in [0.05, 0.1) is 5.41 Å². The van der Waals surface area contributed by atoms with Crippen molar-refractivity contribution < 1.29 is 9.59 Å². The summed E-state index contributed by atoms with van der Waals surface area (Å²) in [7, 11) is 0. The Morgan fingerprint density at radius 1 is 1.33 bits per heavy atom. The van der Waals surface area contributed by atoms with Gasteiger partial charge in [0.1, 0.15) is 11.6 Å². The molecular weight excluding hydrogens is 188 g/mol. The smallest absolute Gasteiger partial charge is 0.146 e. The fourth-order valence-electron chi connectivity index (χ4n) is 2.61. The van der Waals surface area contributed by atoms with Gasteiger partial charge < -0.3 is 0 Å². The fourth-order valence-corrected chi connectivity index (χ4v) is 2.61. The fraction of sp³-hybridized carbons (Fsp3) is 0.846. The summed E-state index contributed by atoms with van der Waals surface area (Å²) in [6, 6.07) is 0. The molecule has 15 heavy (non-hydrogen) atoms. The molecule has 1 saturated carbocycles. The van der Waals surface area contributed by atoms with E-state index in [1.165, 1.54) is 0 Å². The molecule has 1 aliphatic carbocycles. The van der Waals surface area contributed by atoms with Gasteiger partial charge in [0.2, 0.25) is 0 Å². The van der Waals surface area contributed by atoms with Gasteiger partial charge in [0.15, 0.2) is 0 Å². The molecular formula is C13H22O2.